The van der Waals surface area contributed by atoms with E-state index in [0.717, 1.165) is 5.56 Å². The molecule has 17 heteroatoms. The number of carbonyl (C=O) groups is 8. The first kappa shape index (κ1) is 69.4. The van der Waals surface area contributed by atoms with E-state index in [1.807, 2.05) is 200 Å². The maximum absolute atomic E-state index is 15.8. The Hall–Kier alpha value is -10.5. The fraction of sp³-hybridized carbons (Fsp3) is 0.273. The number of alkyl carbamates (subject to hydrolysis) is 1. The summed E-state index contributed by atoms with van der Waals surface area (Å²) in [5.41, 5.74) is 0.633. The number of ether oxygens (including phenoxy) is 3. The van der Waals surface area contributed by atoms with E-state index in [9.17, 15) is 19.2 Å². The van der Waals surface area contributed by atoms with Gasteiger partial charge < -0.3 is 46.1 Å². The van der Waals surface area contributed by atoms with E-state index in [2.05, 4.69) is 31.9 Å². The summed E-state index contributed by atoms with van der Waals surface area (Å²) in [7, 11) is 0. The molecule has 6 amide bonds. The van der Waals surface area contributed by atoms with Crippen LogP contribution < -0.4 is 31.9 Å². The lowest BCUT2D eigenvalue weighted by atomic mass is 9.77. The number of ketones is 1. The second-order valence-electron chi connectivity index (χ2n) is 24.8. The molecule has 17 nitrogen and oxygen atoms in total. The van der Waals surface area contributed by atoms with Crippen LogP contribution in [0, 0.1) is 0 Å². The van der Waals surface area contributed by atoms with Crippen LogP contribution in [0.1, 0.15) is 112 Å². The molecule has 94 heavy (non-hydrogen) atoms. The molecule has 0 aromatic heterocycles. The summed E-state index contributed by atoms with van der Waals surface area (Å²) in [5.74, 6) is -5.79. The summed E-state index contributed by atoms with van der Waals surface area (Å²) < 4.78 is 17.1. The lowest BCUT2D eigenvalue weighted by molar-refractivity contribution is -0.146. The fourth-order valence-corrected chi connectivity index (χ4v) is 11.0. The molecule has 0 aliphatic rings. The van der Waals surface area contributed by atoms with Crippen LogP contribution in [0.2, 0.25) is 0 Å². The summed E-state index contributed by atoms with van der Waals surface area (Å²) in [6.45, 7) is 9.74. The molecule has 486 valence electrons. The minimum absolute atomic E-state index is 0.0236. The SMILES string of the molecule is CC(C)(C)OC[C@H](NC(=O)OC(C)(C)C)C(=O)N[C@@H](CC(=O)NC(c1ccccc1)(c1ccccc1)c1ccccc1)C(=O)N[C@@H](CC(=O)NC(c1ccccc1)(c1ccccc1)c1ccccc1)C(=O)N[C@@H](Cc1ccccc1)C(=O)CCC(=O)OCc1ccccc1. The van der Waals surface area contributed by atoms with E-state index in [4.69, 9.17) is 14.2 Å². The van der Waals surface area contributed by atoms with Crippen LogP contribution in [0.15, 0.2) is 243 Å². The van der Waals surface area contributed by atoms with Gasteiger partial charge in [0, 0.05) is 6.42 Å². The number of hydrogen-bond donors (Lipinski definition) is 6. The van der Waals surface area contributed by atoms with Crippen molar-refractivity contribution in [1.82, 2.24) is 31.9 Å². The predicted octanol–water partition coefficient (Wildman–Crippen LogP) is 10.5. The fourth-order valence-electron chi connectivity index (χ4n) is 11.0. The molecule has 0 unspecified atom stereocenters. The van der Waals surface area contributed by atoms with Crippen LogP contribution in [0.3, 0.4) is 0 Å². The van der Waals surface area contributed by atoms with Crippen LogP contribution in [0.5, 0.6) is 0 Å². The van der Waals surface area contributed by atoms with Crippen molar-refractivity contribution < 1.29 is 52.6 Å². The molecule has 0 spiro atoms. The Morgan fingerprint density at radius 1 is 0.362 bits per heavy atom. The minimum Gasteiger partial charge on any atom is -0.461 e. The monoisotopic (exact) mass is 1270 g/mol. The zero-order valence-corrected chi connectivity index (χ0v) is 53.8. The Morgan fingerprint density at radius 3 is 1.02 bits per heavy atom. The number of nitrogens with one attached hydrogen (secondary N) is 6. The highest BCUT2D eigenvalue weighted by atomic mass is 16.6. The van der Waals surface area contributed by atoms with Gasteiger partial charge in [0.05, 0.1) is 37.5 Å². The molecule has 0 saturated carbocycles. The highest BCUT2D eigenvalue weighted by Crippen LogP contribution is 2.39. The molecule has 8 aromatic carbocycles. The van der Waals surface area contributed by atoms with Crippen molar-refractivity contribution in [1.29, 1.82) is 0 Å². The number of hydrogen-bond acceptors (Lipinski definition) is 11. The lowest BCUT2D eigenvalue weighted by Gasteiger charge is -2.37. The smallest absolute Gasteiger partial charge is 0.408 e. The Morgan fingerprint density at radius 2 is 0.681 bits per heavy atom. The summed E-state index contributed by atoms with van der Waals surface area (Å²) in [4.78, 5) is 119. The molecule has 0 heterocycles. The zero-order chi connectivity index (χ0) is 67.1. The quantitative estimate of drug-likeness (QED) is 0.0190. The van der Waals surface area contributed by atoms with Gasteiger partial charge >= 0.3 is 12.1 Å². The zero-order valence-electron chi connectivity index (χ0n) is 53.8. The summed E-state index contributed by atoms with van der Waals surface area (Å²) in [6.07, 6.45) is -3.30. The summed E-state index contributed by atoms with van der Waals surface area (Å²) in [6, 6.07) is 66.7. The third kappa shape index (κ3) is 19.5. The van der Waals surface area contributed by atoms with Crippen molar-refractivity contribution >= 4 is 47.4 Å². The van der Waals surface area contributed by atoms with Crippen molar-refractivity contribution in [3.05, 3.63) is 287 Å². The largest absolute Gasteiger partial charge is 0.461 e. The molecule has 0 radical (unpaired) electrons. The normalized spacial score (nSPS) is 12.9. The van der Waals surface area contributed by atoms with Gasteiger partial charge in [0.1, 0.15) is 41.4 Å². The highest BCUT2D eigenvalue weighted by Gasteiger charge is 2.42. The van der Waals surface area contributed by atoms with Crippen molar-refractivity contribution in [2.24, 2.45) is 0 Å². The predicted molar refractivity (Wildman–Crippen MR) is 359 cm³/mol. The van der Waals surface area contributed by atoms with Gasteiger partial charge in [0.25, 0.3) is 0 Å². The highest BCUT2D eigenvalue weighted by molar-refractivity contribution is 5.99. The summed E-state index contributed by atoms with van der Waals surface area (Å²) in [5, 5.41) is 17.4. The van der Waals surface area contributed by atoms with Gasteiger partial charge in [-0.25, -0.2) is 4.79 Å². The van der Waals surface area contributed by atoms with Gasteiger partial charge in [-0.15, -0.1) is 0 Å². The topological polar surface area (TPSA) is 236 Å². The van der Waals surface area contributed by atoms with Crippen molar-refractivity contribution in [3.63, 3.8) is 0 Å². The number of amides is 6. The molecular weight excluding hydrogens is 1180 g/mol. The number of rotatable bonds is 29. The van der Waals surface area contributed by atoms with Crippen molar-refractivity contribution in [2.45, 2.75) is 127 Å². The molecule has 8 rings (SSSR count). The standard InChI is InChI=1S/C77H82N6O11/c1-74(2,3)93-53-65(81-73(91)94-75(4,5)6)72(90)80-64(51-68(86)83-77(59-41-25-12-26-42-59,60-43-27-13-28-44-60)61-45-29-14-30-46-61)71(89)79-63(50-67(85)82-76(56-35-19-9-20-36-56,57-37-21-10-22-38-57)58-39-23-11-24-40-58)70(88)78-62(49-54-31-15-7-16-32-54)66(84)47-48-69(87)92-52-55-33-17-8-18-34-55/h7-46,62-65H,47-53H2,1-6H3,(H,78,88)(H,79,89)(H,80,90)(H,81,91)(H,82,85)(H,83,86)/t62-,63-,64-,65-/m0/s1. The van der Waals surface area contributed by atoms with Crippen LogP contribution in [-0.4, -0.2) is 89.4 Å². The van der Waals surface area contributed by atoms with E-state index in [1.54, 1.807) is 84.0 Å². The molecule has 0 bridgehead atoms. The Labute approximate surface area is 549 Å². The van der Waals surface area contributed by atoms with Crippen molar-refractivity contribution in [3.8, 4) is 0 Å². The second-order valence-corrected chi connectivity index (χ2v) is 24.8. The Balaban J connectivity index is 1.21. The molecule has 0 saturated heterocycles. The van der Waals surface area contributed by atoms with E-state index >= 15 is 19.2 Å². The lowest BCUT2D eigenvalue weighted by Crippen LogP contribution is -2.60. The number of carbonyl (C=O) groups excluding carboxylic acids is 8. The number of esters is 1. The molecule has 0 aliphatic heterocycles. The van der Waals surface area contributed by atoms with Gasteiger partial charge in [0.15, 0.2) is 5.78 Å². The maximum atomic E-state index is 15.8. The van der Waals surface area contributed by atoms with Crippen LogP contribution in [-0.2, 0) is 71.9 Å². The van der Waals surface area contributed by atoms with Crippen LogP contribution in [0.4, 0.5) is 4.79 Å². The first-order valence-electron chi connectivity index (χ1n) is 31.4. The second kappa shape index (κ2) is 32.7. The van der Waals surface area contributed by atoms with Gasteiger partial charge in [-0.05, 0) is 92.5 Å². The van der Waals surface area contributed by atoms with Gasteiger partial charge in [0.2, 0.25) is 29.5 Å². The average Bonchev–Trinajstić information content (AvgIpc) is 0.765. The molecule has 0 aliphatic carbocycles. The molecule has 8 aromatic rings. The maximum Gasteiger partial charge on any atom is 0.408 e. The van der Waals surface area contributed by atoms with Gasteiger partial charge in [-0.1, -0.05) is 243 Å². The van der Waals surface area contributed by atoms with Crippen molar-refractivity contribution in [2.75, 3.05) is 6.61 Å². The molecular formula is C77H82N6O11. The number of benzene rings is 8. The van der Waals surface area contributed by atoms with E-state index in [1.165, 1.54) is 0 Å². The van der Waals surface area contributed by atoms with E-state index in [-0.39, 0.29) is 25.9 Å². The molecule has 0 fully saturated rings. The Kier molecular flexibility index (Phi) is 24.1. The van der Waals surface area contributed by atoms with E-state index < -0.39 is 113 Å². The molecule has 6 N–H and O–H groups in total. The third-order valence-corrected chi connectivity index (χ3v) is 15.4. The third-order valence-electron chi connectivity index (χ3n) is 15.4. The van der Waals surface area contributed by atoms with Gasteiger partial charge in [-0.3, -0.25) is 33.6 Å². The minimum atomic E-state index is -1.87. The Bertz CT molecular complexity index is 3590. The first-order chi connectivity index (χ1) is 45.1. The van der Waals surface area contributed by atoms with Gasteiger partial charge in [-0.2, -0.15) is 0 Å². The van der Waals surface area contributed by atoms with Crippen LogP contribution >= 0.6 is 0 Å². The number of Topliss-reactive ketones (excluding diaryl/α,β-unsaturated/α-hetero) is 1. The first-order valence-corrected chi connectivity index (χ1v) is 31.4. The van der Waals surface area contributed by atoms with Crippen LogP contribution in [0.25, 0.3) is 0 Å². The average molecular weight is 1270 g/mol. The summed E-state index contributed by atoms with van der Waals surface area (Å²) >= 11 is 0. The van der Waals surface area contributed by atoms with E-state index in [0.29, 0.717) is 38.9 Å². The molecule has 4 atom stereocenters.